The minimum absolute atomic E-state index is 0.00880. The lowest BCUT2D eigenvalue weighted by molar-refractivity contribution is -0.123. The summed E-state index contributed by atoms with van der Waals surface area (Å²) in [5, 5.41) is 4.32. The minimum atomic E-state index is -4.51. The molecular formula is C20H19F3N2O4. The molecule has 0 saturated heterocycles. The molecule has 9 heteroatoms. The molecule has 2 N–H and O–H groups in total. The highest BCUT2D eigenvalue weighted by Gasteiger charge is 2.27. The van der Waals surface area contributed by atoms with Gasteiger partial charge in [0.25, 0.3) is 5.91 Å². The second-order valence-electron chi connectivity index (χ2n) is 5.78. The second-order valence-corrected chi connectivity index (χ2v) is 5.78. The van der Waals surface area contributed by atoms with Gasteiger partial charge >= 0.3 is 6.18 Å². The van der Waals surface area contributed by atoms with Crippen molar-refractivity contribution >= 4 is 23.6 Å². The highest BCUT2D eigenvalue weighted by atomic mass is 19.4. The normalized spacial score (nSPS) is 11.2. The number of benzene rings is 2. The number of nitrogens with one attached hydrogen (secondary N) is 2. The second kappa shape index (κ2) is 9.63. The van der Waals surface area contributed by atoms with Crippen LogP contribution in [0.2, 0.25) is 0 Å². The lowest BCUT2D eigenvalue weighted by Gasteiger charge is -2.10. The number of hydrogen-bond donors (Lipinski definition) is 2. The fourth-order valence-corrected chi connectivity index (χ4v) is 2.41. The van der Waals surface area contributed by atoms with Crippen molar-refractivity contribution in [3.63, 3.8) is 0 Å². The Balaban J connectivity index is 2.06. The molecule has 0 atom stereocenters. The van der Waals surface area contributed by atoms with Gasteiger partial charge in [-0.15, -0.1) is 0 Å². The molecule has 29 heavy (non-hydrogen) atoms. The summed E-state index contributed by atoms with van der Waals surface area (Å²) in [7, 11) is 2.97. The molecular weight excluding hydrogens is 389 g/mol. The van der Waals surface area contributed by atoms with E-state index in [2.05, 4.69) is 5.32 Å². The summed E-state index contributed by atoms with van der Waals surface area (Å²) in [5.74, 6) is -0.423. The lowest BCUT2D eigenvalue weighted by Crippen LogP contribution is -2.33. The molecule has 0 aliphatic heterocycles. The predicted octanol–water partition coefficient (Wildman–Crippen LogP) is 3.65. The molecule has 0 unspecified atom stereocenters. The van der Waals surface area contributed by atoms with Crippen LogP contribution < -0.4 is 20.1 Å². The smallest absolute Gasteiger partial charge is 0.405 e. The Hall–Kier alpha value is -3.49. The number of halogens is 3. The van der Waals surface area contributed by atoms with Crippen molar-refractivity contribution in [2.75, 3.05) is 26.1 Å². The molecule has 0 heterocycles. The summed E-state index contributed by atoms with van der Waals surface area (Å²) in [5.41, 5.74) is 0.865. The summed E-state index contributed by atoms with van der Waals surface area (Å²) in [6.45, 7) is -1.44. The van der Waals surface area contributed by atoms with E-state index in [1.165, 1.54) is 50.6 Å². The molecule has 6 nitrogen and oxygen atoms in total. The van der Waals surface area contributed by atoms with Crippen LogP contribution in [0.15, 0.2) is 48.5 Å². The lowest BCUT2D eigenvalue weighted by atomic mass is 10.1. The number of hydrogen-bond acceptors (Lipinski definition) is 4. The van der Waals surface area contributed by atoms with Gasteiger partial charge in [0.15, 0.2) is 11.5 Å². The first-order valence-corrected chi connectivity index (χ1v) is 8.38. The summed E-state index contributed by atoms with van der Waals surface area (Å²) in [6, 6.07) is 10.8. The van der Waals surface area contributed by atoms with Gasteiger partial charge < -0.3 is 20.1 Å². The van der Waals surface area contributed by atoms with Crippen molar-refractivity contribution < 1.29 is 32.2 Å². The Morgan fingerprint density at radius 3 is 2.45 bits per heavy atom. The average Bonchev–Trinajstić information content (AvgIpc) is 2.69. The quantitative estimate of drug-likeness (QED) is 0.686. The number of carbonyl (C=O) groups excluding carboxylic acids is 2. The first kappa shape index (κ1) is 21.8. The van der Waals surface area contributed by atoms with Crippen LogP contribution in [0.5, 0.6) is 11.5 Å². The molecule has 2 amide bonds. The molecule has 0 spiro atoms. The molecule has 2 aromatic rings. The van der Waals surface area contributed by atoms with Crippen molar-refractivity contribution in [2.45, 2.75) is 6.18 Å². The van der Waals surface area contributed by atoms with Gasteiger partial charge in [-0.25, -0.2) is 0 Å². The highest BCUT2D eigenvalue weighted by Crippen LogP contribution is 2.31. The van der Waals surface area contributed by atoms with Crippen LogP contribution in [-0.2, 0) is 4.79 Å². The third-order valence-corrected chi connectivity index (χ3v) is 3.69. The van der Waals surface area contributed by atoms with Gasteiger partial charge in [-0.3, -0.25) is 9.59 Å². The van der Waals surface area contributed by atoms with Crippen molar-refractivity contribution in [1.82, 2.24) is 5.32 Å². The SMILES string of the molecule is COc1cccc(C=CC(=O)Nc2cccc(C(=O)NCC(F)(F)F)c2)c1OC. The van der Waals surface area contributed by atoms with E-state index in [-0.39, 0.29) is 11.3 Å². The van der Waals surface area contributed by atoms with E-state index < -0.39 is 24.5 Å². The zero-order valence-corrected chi connectivity index (χ0v) is 15.7. The number of amides is 2. The van der Waals surface area contributed by atoms with Gasteiger partial charge in [0, 0.05) is 22.9 Å². The number of alkyl halides is 3. The van der Waals surface area contributed by atoms with E-state index in [0.29, 0.717) is 17.1 Å². The Morgan fingerprint density at radius 2 is 1.79 bits per heavy atom. The fraction of sp³-hybridized carbons (Fsp3) is 0.200. The van der Waals surface area contributed by atoms with E-state index in [1.807, 2.05) is 0 Å². The zero-order valence-electron chi connectivity index (χ0n) is 15.7. The number of ether oxygens (including phenoxy) is 2. The van der Waals surface area contributed by atoms with E-state index in [0.717, 1.165) is 0 Å². The average molecular weight is 408 g/mol. The van der Waals surface area contributed by atoms with Crippen LogP contribution in [0.25, 0.3) is 6.08 Å². The molecule has 0 aliphatic rings. The van der Waals surface area contributed by atoms with Crippen LogP contribution in [0.3, 0.4) is 0 Å². The Kier molecular flexibility index (Phi) is 7.24. The molecule has 0 bridgehead atoms. The number of carbonyl (C=O) groups is 2. The van der Waals surface area contributed by atoms with Gasteiger partial charge in [0.05, 0.1) is 14.2 Å². The fourth-order valence-electron chi connectivity index (χ4n) is 2.41. The molecule has 0 saturated carbocycles. The predicted molar refractivity (Wildman–Crippen MR) is 102 cm³/mol. The maximum atomic E-state index is 12.2. The first-order valence-electron chi connectivity index (χ1n) is 8.38. The standard InChI is InChI=1S/C20H19F3N2O4/c1-28-16-8-4-5-13(18(16)29-2)9-10-17(26)25-15-7-3-6-14(11-15)19(27)24-12-20(21,22)23/h3-11H,12H2,1-2H3,(H,24,27)(H,25,26). The van der Waals surface area contributed by atoms with Gasteiger partial charge in [-0.05, 0) is 30.3 Å². The molecule has 2 aromatic carbocycles. The van der Waals surface area contributed by atoms with Crippen LogP contribution >= 0.6 is 0 Å². The number of methoxy groups -OCH3 is 2. The largest absolute Gasteiger partial charge is 0.493 e. The van der Waals surface area contributed by atoms with Crippen LogP contribution in [0.4, 0.5) is 18.9 Å². The van der Waals surface area contributed by atoms with Gasteiger partial charge in [-0.2, -0.15) is 13.2 Å². The van der Waals surface area contributed by atoms with Crippen LogP contribution in [-0.4, -0.2) is 38.8 Å². The summed E-state index contributed by atoms with van der Waals surface area (Å²) in [4.78, 5) is 24.0. The van der Waals surface area contributed by atoms with Crippen molar-refractivity contribution in [3.05, 3.63) is 59.7 Å². The summed E-state index contributed by atoms with van der Waals surface area (Å²) < 4.78 is 47.1. The molecule has 0 aromatic heterocycles. The first-order chi connectivity index (χ1) is 13.7. The monoisotopic (exact) mass is 408 g/mol. The summed E-state index contributed by atoms with van der Waals surface area (Å²) in [6.07, 6.45) is -1.72. The van der Waals surface area contributed by atoms with Gasteiger partial charge in [-0.1, -0.05) is 18.2 Å². The van der Waals surface area contributed by atoms with Gasteiger partial charge in [0.2, 0.25) is 5.91 Å². The van der Waals surface area contributed by atoms with Gasteiger partial charge in [0.1, 0.15) is 6.54 Å². The van der Waals surface area contributed by atoms with Crippen LogP contribution in [0.1, 0.15) is 15.9 Å². The highest BCUT2D eigenvalue weighted by molar-refractivity contribution is 6.03. The summed E-state index contributed by atoms with van der Waals surface area (Å²) >= 11 is 0. The molecule has 2 rings (SSSR count). The number of anilines is 1. The maximum Gasteiger partial charge on any atom is 0.405 e. The zero-order chi connectivity index (χ0) is 21.4. The van der Waals surface area contributed by atoms with E-state index >= 15 is 0 Å². The topological polar surface area (TPSA) is 76.7 Å². The molecule has 0 fully saturated rings. The van der Waals surface area contributed by atoms with Crippen molar-refractivity contribution in [1.29, 1.82) is 0 Å². The molecule has 0 radical (unpaired) electrons. The number of rotatable bonds is 7. The number of para-hydroxylation sites is 1. The van der Waals surface area contributed by atoms with Crippen LogP contribution in [0, 0.1) is 0 Å². The third kappa shape index (κ3) is 6.56. The van der Waals surface area contributed by atoms with E-state index in [1.54, 1.807) is 23.5 Å². The van der Waals surface area contributed by atoms with Crippen molar-refractivity contribution in [3.8, 4) is 11.5 Å². The van der Waals surface area contributed by atoms with E-state index in [4.69, 9.17) is 9.47 Å². The molecule has 0 aliphatic carbocycles. The van der Waals surface area contributed by atoms with E-state index in [9.17, 15) is 22.8 Å². The molecule has 154 valence electrons. The Morgan fingerprint density at radius 1 is 1.07 bits per heavy atom. The Labute approximate surface area is 165 Å². The Bertz CT molecular complexity index is 911. The third-order valence-electron chi connectivity index (χ3n) is 3.69. The minimum Gasteiger partial charge on any atom is -0.493 e. The van der Waals surface area contributed by atoms with Crippen molar-refractivity contribution in [2.24, 2.45) is 0 Å². The maximum absolute atomic E-state index is 12.2.